The van der Waals surface area contributed by atoms with E-state index in [1.807, 2.05) is 48.3 Å². The second kappa shape index (κ2) is 5.21. The monoisotopic (exact) mass is 230 g/mol. The van der Waals surface area contributed by atoms with Gasteiger partial charge in [-0.25, -0.2) is 4.79 Å². The quantitative estimate of drug-likeness (QED) is 0.879. The van der Waals surface area contributed by atoms with Crippen LogP contribution in [0.4, 0.5) is 4.79 Å². The van der Waals surface area contributed by atoms with E-state index in [9.17, 15) is 4.79 Å². The fourth-order valence-electron chi connectivity index (χ4n) is 1.47. The van der Waals surface area contributed by atoms with Crippen molar-refractivity contribution in [2.75, 3.05) is 0 Å². The van der Waals surface area contributed by atoms with Crippen molar-refractivity contribution in [2.45, 2.75) is 6.54 Å². The number of hydrogen-bond donors (Lipinski definition) is 1. The first-order valence-electron chi connectivity index (χ1n) is 5.35. The summed E-state index contributed by atoms with van der Waals surface area (Å²) in [5.41, 5.74) is 1.04. The largest absolute Gasteiger partial charge is 0.412 e. The fraction of sp³-hybridized carbons (Fsp3) is 0.154. The molecule has 0 atom stereocenters. The van der Waals surface area contributed by atoms with Crippen molar-refractivity contribution in [1.82, 2.24) is 9.88 Å². The third-order valence-corrected chi connectivity index (χ3v) is 2.28. The maximum atomic E-state index is 11.5. The Morgan fingerprint density at radius 3 is 2.71 bits per heavy atom. The van der Waals surface area contributed by atoms with Crippen LogP contribution in [0.1, 0.15) is 5.56 Å². The Labute approximate surface area is 99.8 Å². The van der Waals surface area contributed by atoms with Crippen LogP contribution >= 0.6 is 0 Å². The number of amides is 1. The van der Waals surface area contributed by atoms with Gasteiger partial charge in [-0.3, -0.25) is 0 Å². The fourth-order valence-corrected chi connectivity index (χ4v) is 1.47. The standard InChI is InChI=1S/C13H14N2O2/c1-15-8-7-11(10-15)9-14-13(16)17-12-5-3-2-4-6-12/h2-8,10H,9H2,1H3,(H,14,16). The molecule has 0 aliphatic rings. The Balaban J connectivity index is 1.82. The van der Waals surface area contributed by atoms with Gasteiger partial charge in [-0.05, 0) is 23.8 Å². The number of ether oxygens (including phenoxy) is 1. The van der Waals surface area contributed by atoms with E-state index in [0.29, 0.717) is 12.3 Å². The highest BCUT2D eigenvalue weighted by Gasteiger charge is 2.03. The van der Waals surface area contributed by atoms with Gasteiger partial charge in [0.05, 0.1) is 0 Å². The van der Waals surface area contributed by atoms with Crippen LogP contribution in [0.25, 0.3) is 0 Å². The number of aromatic nitrogens is 1. The number of nitrogens with zero attached hydrogens (tertiary/aromatic N) is 1. The van der Waals surface area contributed by atoms with E-state index in [4.69, 9.17) is 4.74 Å². The van der Waals surface area contributed by atoms with E-state index in [0.717, 1.165) is 5.56 Å². The van der Waals surface area contributed by atoms with Gasteiger partial charge < -0.3 is 14.6 Å². The number of carbonyl (C=O) groups is 1. The van der Waals surface area contributed by atoms with Crippen molar-refractivity contribution >= 4 is 6.09 Å². The Morgan fingerprint density at radius 2 is 2.06 bits per heavy atom. The van der Waals surface area contributed by atoms with Crippen LogP contribution in [-0.2, 0) is 13.6 Å². The highest BCUT2D eigenvalue weighted by Crippen LogP contribution is 2.08. The van der Waals surface area contributed by atoms with Crippen LogP contribution in [0, 0.1) is 0 Å². The van der Waals surface area contributed by atoms with Gasteiger partial charge in [-0.1, -0.05) is 18.2 Å². The number of para-hydroxylation sites is 1. The third-order valence-electron chi connectivity index (χ3n) is 2.28. The summed E-state index contributed by atoms with van der Waals surface area (Å²) in [7, 11) is 1.94. The molecule has 0 saturated heterocycles. The summed E-state index contributed by atoms with van der Waals surface area (Å²) in [5.74, 6) is 0.540. The molecule has 0 aliphatic heterocycles. The molecule has 1 N–H and O–H groups in total. The second-order valence-corrected chi connectivity index (χ2v) is 3.74. The van der Waals surface area contributed by atoms with Gasteiger partial charge in [0.15, 0.2) is 0 Å². The predicted octanol–water partition coefficient (Wildman–Crippen LogP) is 2.31. The first-order valence-corrected chi connectivity index (χ1v) is 5.35. The molecule has 17 heavy (non-hydrogen) atoms. The Hall–Kier alpha value is -2.23. The molecule has 88 valence electrons. The van der Waals surface area contributed by atoms with E-state index < -0.39 is 6.09 Å². The van der Waals surface area contributed by atoms with Gasteiger partial charge in [0.1, 0.15) is 5.75 Å². The van der Waals surface area contributed by atoms with Crippen molar-refractivity contribution in [1.29, 1.82) is 0 Å². The molecule has 4 nitrogen and oxygen atoms in total. The minimum Gasteiger partial charge on any atom is -0.410 e. The van der Waals surface area contributed by atoms with E-state index in [2.05, 4.69) is 5.32 Å². The SMILES string of the molecule is Cn1ccc(CNC(=O)Oc2ccccc2)c1. The van der Waals surface area contributed by atoms with E-state index in [-0.39, 0.29) is 0 Å². The van der Waals surface area contributed by atoms with Gasteiger partial charge in [0, 0.05) is 26.0 Å². The van der Waals surface area contributed by atoms with E-state index >= 15 is 0 Å². The summed E-state index contributed by atoms with van der Waals surface area (Å²) < 4.78 is 7.02. The molecule has 0 bridgehead atoms. The minimum absolute atomic E-state index is 0.444. The van der Waals surface area contributed by atoms with E-state index in [1.54, 1.807) is 12.1 Å². The maximum absolute atomic E-state index is 11.5. The molecule has 0 saturated carbocycles. The number of carbonyl (C=O) groups excluding carboxylic acids is 1. The van der Waals surface area contributed by atoms with Gasteiger partial charge >= 0.3 is 6.09 Å². The van der Waals surface area contributed by atoms with Crippen LogP contribution in [0.2, 0.25) is 0 Å². The van der Waals surface area contributed by atoms with Crippen molar-refractivity contribution < 1.29 is 9.53 Å². The van der Waals surface area contributed by atoms with Crippen LogP contribution < -0.4 is 10.1 Å². The topological polar surface area (TPSA) is 43.3 Å². The molecule has 0 radical (unpaired) electrons. The molecule has 1 aromatic heterocycles. The van der Waals surface area contributed by atoms with Crippen LogP contribution in [0.3, 0.4) is 0 Å². The molecule has 1 aromatic carbocycles. The molecule has 0 aliphatic carbocycles. The first kappa shape index (κ1) is 11.3. The summed E-state index contributed by atoms with van der Waals surface area (Å²) in [4.78, 5) is 11.5. The summed E-state index contributed by atoms with van der Waals surface area (Å²) in [6.45, 7) is 0.465. The Kier molecular flexibility index (Phi) is 3.45. The van der Waals surface area contributed by atoms with Gasteiger partial charge in [-0.15, -0.1) is 0 Å². The molecule has 2 aromatic rings. The van der Waals surface area contributed by atoms with Crippen LogP contribution in [0.5, 0.6) is 5.75 Å². The number of rotatable bonds is 3. The molecular formula is C13H14N2O2. The lowest BCUT2D eigenvalue weighted by molar-refractivity contribution is 0.200. The number of hydrogen-bond acceptors (Lipinski definition) is 2. The summed E-state index contributed by atoms with van der Waals surface area (Å²) in [6, 6.07) is 10.9. The number of aryl methyl sites for hydroxylation is 1. The zero-order valence-corrected chi connectivity index (χ0v) is 9.59. The smallest absolute Gasteiger partial charge is 0.410 e. The Morgan fingerprint density at radius 1 is 1.29 bits per heavy atom. The van der Waals surface area contributed by atoms with Crippen molar-refractivity contribution in [3.05, 3.63) is 54.4 Å². The van der Waals surface area contributed by atoms with Crippen molar-refractivity contribution in [3.63, 3.8) is 0 Å². The first-order chi connectivity index (χ1) is 8.24. The van der Waals surface area contributed by atoms with Crippen molar-refractivity contribution in [3.8, 4) is 5.75 Å². The summed E-state index contributed by atoms with van der Waals surface area (Å²) in [5, 5.41) is 2.69. The molecule has 0 fully saturated rings. The molecule has 0 spiro atoms. The third kappa shape index (κ3) is 3.38. The maximum Gasteiger partial charge on any atom is 0.412 e. The van der Waals surface area contributed by atoms with Crippen molar-refractivity contribution in [2.24, 2.45) is 7.05 Å². The predicted molar refractivity (Wildman–Crippen MR) is 64.7 cm³/mol. The molecule has 0 unspecified atom stereocenters. The molecular weight excluding hydrogens is 216 g/mol. The lowest BCUT2D eigenvalue weighted by Crippen LogP contribution is -2.26. The Bertz CT molecular complexity index is 491. The lowest BCUT2D eigenvalue weighted by Gasteiger charge is -2.05. The van der Waals surface area contributed by atoms with E-state index in [1.165, 1.54) is 0 Å². The van der Waals surface area contributed by atoms with Gasteiger partial charge in [0.25, 0.3) is 0 Å². The summed E-state index contributed by atoms with van der Waals surface area (Å²) in [6.07, 6.45) is 3.43. The highest BCUT2D eigenvalue weighted by atomic mass is 16.5. The molecule has 1 amide bonds. The summed E-state index contributed by atoms with van der Waals surface area (Å²) >= 11 is 0. The molecule has 1 heterocycles. The molecule has 2 rings (SSSR count). The average molecular weight is 230 g/mol. The second-order valence-electron chi connectivity index (χ2n) is 3.74. The van der Waals surface area contributed by atoms with Gasteiger partial charge in [-0.2, -0.15) is 0 Å². The van der Waals surface area contributed by atoms with Gasteiger partial charge in [0.2, 0.25) is 0 Å². The zero-order valence-electron chi connectivity index (χ0n) is 9.59. The highest BCUT2D eigenvalue weighted by molar-refractivity contribution is 5.70. The lowest BCUT2D eigenvalue weighted by atomic mass is 10.3. The average Bonchev–Trinajstić information content (AvgIpc) is 2.74. The van der Waals surface area contributed by atoms with Crippen LogP contribution in [0.15, 0.2) is 48.8 Å². The number of nitrogens with one attached hydrogen (secondary N) is 1. The zero-order chi connectivity index (χ0) is 12.1. The molecule has 4 heteroatoms. The van der Waals surface area contributed by atoms with Crippen LogP contribution in [-0.4, -0.2) is 10.7 Å². The minimum atomic E-state index is -0.444. The normalized spacial score (nSPS) is 9.94. The number of benzene rings is 1.